The number of hydrogen-bond acceptors (Lipinski definition) is 5. The van der Waals surface area contributed by atoms with Gasteiger partial charge in [-0.05, 0) is 37.3 Å². The number of nitrogens with zero attached hydrogens (tertiary/aromatic N) is 2. The first kappa shape index (κ1) is 20.0. The highest BCUT2D eigenvalue weighted by molar-refractivity contribution is 7.53. The molecule has 0 amide bonds. The predicted molar refractivity (Wildman–Crippen MR) is 96.8 cm³/mol. The number of carbonyl (C=O) groups is 1. The zero-order valence-corrected chi connectivity index (χ0v) is 15.7. The molecule has 3 unspecified atom stereocenters. The summed E-state index contributed by atoms with van der Waals surface area (Å²) in [5, 5.41) is 9.56. The van der Waals surface area contributed by atoms with Crippen LogP contribution < -0.4 is 5.56 Å². The number of carboxylic acids is 1. The fourth-order valence-corrected chi connectivity index (χ4v) is 4.21. The fraction of sp³-hybridized carbons (Fsp3) is 0.438. The molecule has 0 saturated heterocycles. The minimum Gasteiger partial charge on any atom is -0.479 e. The van der Waals surface area contributed by atoms with Crippen molar-refractivity contribution in [1.82, 2.24) is 9.55 Å². The van der Waals surface area contributed by atoms with Gasteiger partial charge in [0, 0.05) is 6.04 Å². The third-order valence-electron chi connectivity index (χ3n) is 4.67. The maximum Gasteiger partial charge on any atom is 0.365 e. The van der Waals surface area contributed by atoms with Gasteiger partial charge >= 0.3 is 13.6 Å². The van der Waals surface area contributed by atoms with Gasteiger partial charge in [-0.15, -0.1) is 0 Å². The van der Waals surface area contributed by atoms with E-state index in [0.717, 1.165) is 0 Å². The van der Waals surface area contributed by atoms with Crippen molar-refractivity contribution in [3.8, 4) is 0 Å². The topological polar surface area (TPSA) is 139 Å². The molecule has 9 nitrogen and oxygen atoms in total. The summed E-state index contributed by atoms with van der Waals surface area (Å²) in [7, 11) is -4.90. The first-order chi connectivity index (χ1) is 12.7. The highest BCUT2D eigenvalue weighted by Crippen LogP contribution is 2.43. The van der Waals surface area contributed by atoms with Crippen LogP contribution in [0.4, 0.5) is 0 Å². The number of fused-ring (bicyclic) bond motifs is 1. The van der Waals surface area contributed by atoms with E-state index in [0.29, 0.717) is 35.2 Å². The number of benzene rings is 1. The van der Waals surface area contributed by atoms with Gasteiger partial charge in [-0.3, -0.25) is 13.9 Å². The Balaban J connectivity index is 1.73. The highest BCUT2D eigenvalue weighted by Gasteiger charge is 2.38. The van der Waals surface area contributed by atoms with Gasteiger partial charge in [-0.2, -0.15) is 0 Å². The maximum absolute atomic E-state index is 12.8. The Bertz CT molecular complexity index is 973. The summed E-state index contributed by atoms with van der Waals surface area (Å²) >= 11 is 6.12. The number of aliphatic carboxylic acids is 1. The number of carboxylic acid groups (broad SMARTS) is 1. The van der Waals surface area contributed by atoms with E-state index in [1.54, 1.807) is 18.2 Å². The Hall–Kier alpha value is -1.77. The van der Waals surface area contributed by atoms with E-state index in [1.807, 2.05) is 0 Å². The average Bonchev–Trinajstić information content (AvgIpc) is 3.02. The van der Waals surface area contributed by atoms with Gasteiger partial charge in [-0.1, -0.05) is 17.7 Å². The molecule has 1 heterocycles. The van der Waals surface area contributed by atoms with Gasteiger partial charge in [0.15, 0.2) is 0 Å². The molecule has 1 aromatic carbocycles. The lowest BCUT2D eigenvalue weighted by Crippen LogP contribution is -2.27. The standard InChI is InChI=1S/C16H18ClN2O7P/c17-11-2-1-3-12-13(11)14(20)19(8-18-12)10-5-4-9(6-10)7-26-16(15(21)22)27(23,24)25/h1-3,8-10,16H,4-7H2,(H,21,22)(H2,23,24,25). The Labute approximate surface area is 158 Å². The summed E-state index contributed by atoms with van der Waals surface area (Å²) in [5.74, 6) is -4.01. The molecule has 0 aliphatic heterocycles. The Morgan fingerprint density at radius 1 is 1.41 bits per heavy atom. The molecule has 0 spiro atoms. The molecule has 3 rings (SSSR count). The highest BCUT2D eigenvalue weighted by atomic mass is 35.5. The number of hydrogen-bond donors (Lipinski definition) is 3. The molecule has 3 atom stereocenters. The molecule has 0 bridgehead atoms. The second-order valence-electron chi connectivity index (χ2n) is 6.54. The molecule has 27 heavy (non-hydrogen) atoms. The normalized spacial score (nSPS) is 21.4. The summed E-state index contributed by atoms with van der Waals surface area (Å²) < 4.78 is 17.7. The fourth-order valence-electron chi connectivity index (χ4n) is 3.39. The average molecular weight is 417 g/mol. The summed E-state index contributed by atoms with van der Waals surface area (Å²) in [6, 6.07) is 4.87. The smallest absolute Gasteiger partial charge is 0.365 e. The van der Waals surface area contributed by atoms with Crippen molar-refractivity contribution in [3.05, 3.63) is 39.9 Å². The lowest BCUT2D eigenvalue weighted by Gasteiger charge is -2.18. The van der Waals surface area contributed by atoms with Crippen molar-refractivity contribution in [3.63, 3.8) is 0 Å². The molecule has 2 aromatic rings. The SMILES string of the molecule is O=C(O)C(OCC1CCC(n2cnc3cccc(Cl)c3c2=O)C1)P(=O)(O)O. The van der Waals surface area contributed by atoms with Crippen LogP contribution >= 0.6 is 19.2 Å². The Kier molecular flexibility index (Phi) is 5.69. The number of aromatic nitrogens is 2. The number of ether oxygens (including phenoxy) is 1. The molecule has 1 aromatic heterocycles. The quantitative estimate of drug-likeness (QED) is 0.607. The van der Waals surface area contributed by atoms with Gasteiger partial charge in [0.2, 0.25) is 0 Å². The van der Waals surface area contributed by atoms with E-state index in [9.17, 15) is 14.2 Å². The van der Waals surface area contributed by atoms with E-state index in [1.165, 1.54) is 10.9 Å². The van der Waals surface area contributed by atoms with Crippen molar-refractivity contribution < 1.29 is 29.0 Å². The molecule has 3 N–H and O–H groups in total. The third-order valence-corrected chi connectivity index (χ3v) is 5.97. The van der Waals surface area contributed by atoms with Crippen molar-refractivity contribution >= 4 is 36.1 Å². The van der Waals surface area contributed by atoms with Crippen LogP contribution in [-0.2, 0) is 14.1 Å². The van der Waals surface area contributed by atoms with Crippen LogP contribution in [0, 0.1) is 5.92 Å². The number of halogens is 1. The van der Waals surface area contributed by atoms with Gasteiger partial charge in [0.05, 0.1) is 28.9 Å². The van der Waals surface area contributed by atoms with Crippen LogP contribution in [-0.4, -0.2) is 42.9 Å². The first-order valence-corrected chi connectivity index (χ1v) is 10.3. The molecular formula is C16H18ClN2O7P. The first-order valence-electron chi connectivity index (χ1n) is 8.23. The third kappa shape index (κ3) is 4.23. The van der Waals surface area contributed by atoms with Crippen molar-refractivity contribution in [2.24, 2.45) is 5.92 Å². The van der Waals surface area contributed by atoms with Crippen LogP contribution in [0.2, 0.25) is 5.02 Å². The van der Waals surface area contributed by atoms with Gasteiger partial charge in [0.25, 0.3) is 11.4 Å². The van der Waals surface area contributed by atoms with Crippen molar-refractivity contribution in [1.29, 1.82) is 0 Å². The van der Waals surface area contributed by atoms with E-state index in [-0.39, 0.29) is 24.1 Å². The minimum absolute atomic E-state index is 0.116. The summed E-state index contributed by atoms with van der Waals surface area (Å²) in [6.45, 7) is -0.116. The van der Waals surface area contributed by atoms with E-state index >= 15 is 0 Å². The van der Waals surface area contributed by atoms with Crippen LogP contribution in [0.15, 0.2) is 29.3 Å². The molecule has 11 heteroatoms. The summed E-state index contributed by atoms with van der Waals surface area (Å²) in [6.07, 6.45) is 3.24. The molecule has 1 aliphatic carbocycles. The molecule has 1 fully saturated rings. The van der Waals surface area contributed by atoms with Crippen molar-refractivity contribution in [2.45, 2.75) is 31.1 Å². The van der Waals surface area contributed by atoms with Gasteiger partial charge in [-0.25, -0.2) is 9.78 Å². The van der Waals surface area contributed by atoms with Crippen molar-refractivity contribution in [2.75, 3.05) is 6.61 Å². The van der Waals surface area contributed by atoms with E-state index < -0.39 is 19.4 Å². The Morgan fingerprint density at radius 2 is 2.15 bits per heavy atom. The second kappa shape index (κ2) is 7.69. The zero-order valence-electron chi connectivity index (χ0n) is 14.1. The zero-order chi connectivity index (χ0) is 19.8. The van der Waals surface area contributed by atoms with Gasteiger partial charge in [0.1, 0.15) is 0 Å². The number of rotatable bonds is 6. The molecule has 1 aliphatic rings. The molecular weight excluding hydrogens is 399 g/mol. The molecule has 1 saturated carbocycles. The predicted octanol–water partition coefficient (Wildman–Crippen LogP) is 2.00. The monoisotopic (exact) mass is 416 g/mol. The minimum atomic E-state index is -4.90. The van der Waals surface area contributed by atoms with E-state index in [4.69, 9.17) is 31.2 Å². The summed E-state index contributed by atoms with van der Waals surface area (Å²) in [5.41, 5.74) is 0.253. The molecule has 146 valence electrons. The maximum atomic E-state index is 12.8. The van der Waals surface area contributed by atoms with Crippen LogP contribution in [0.1, 0.15) is 25.3 Å². The van der Waals surface area contributed by atoms with Gasteiger partial charge < -0.3 is 19.6 Å². The van der Waals surface area contributed by atoms with Crippen LogP contribution in [0.3, 0.4) is 0 Å². The second-order valence-corrected chi connectivity index (χ2v) is 8.59. The van der Waals surface area contributed by atoms with E-state index in [2.05, 4.69) is 4.98 Å². The Morgan fingerprint density at radius 3 is 2.81 bits per heavy atom. The van der Waals surface area contributed by atoms with Crippen LogP contribution in [0.25, 0.3) is 10.9 Å². The lowest BCUT2D eigenvalue weighted by molar-refractivity contribution is -0.146. The lowest BCUT2D eigenvalue weighted by atomic mass is 10.1. The van der Waals surface area contributed by atoms with Crippen LogP contribution in [0.5, 0.6) is 0 Å². The molecule has 0 radical (unpaired) electrons. The summed E-state index contributed by atoms with van der Waals surface area (Å²) in [4.78, 5) is 46.1. The largest absolute Gasteiger partial charge is 0.479 e.